The van der Waals surface area contributed by atoms with E-state index in [9.17, 15) is 9.59 Å². The van der Waals surface area contributed by atoms with Gasteiger partial charge < -0.3 is 20.1 Å². The molecule has 2 aromatic rings. The molecule has 186 valence electrons. The summed E-state index contributed by atoms with van der Waals surface area (Å²) in [7, 11) is 0. The lowest BCUT2D eigenvalue weighted by Crippen LogP contribution is -2.13. The first kappa shape index (κ1) is 27.5. The first-order chi connectivity index (χ1) is 16.6. The van der Waals surface area contributed by atoms with Crippen LogP contribution in [0, 0.1) is 0 Å². The van der Waals surface area contributed by atoms with Crippen molar-refractivity contribution in [3.05, 3.63) is 59.7 Å². The van der Waals surface area contributed by atoms with Crippen LogP contribution in [0.1, 0.15) is 76.3 Å². The van der Waals surface area contributed by atoms with Crippen LogP contribution in [0.25, 0.3) is 0 Å². The molecule has 0 atom stereocenters. The minimum Gasteiger partial charge on any atom is -0.377 e. The maximum atomic E-state index is 12.2. The summed E-state index contributed by atoms with van der Waals surface area (Å²) in [6.45, 7) is 7.01. The Labute approximate surface area is 204 Å². The Morgan fingerprint density at radius 3 is 1.35 bits per heavy atom. The number of hydrogen-bond donors (Lipinski definition) is 2. The lowest BCUT2D eigenvalue weighted by atomic mass is 10.1. The zero-order valence-electron chi connectivity index (χ0n) is 20.7. The van der Waals surface area contributed by atoms with Gasteiger partial charge in [-0.15, -0.1) is 0 Å². The van der Waals surface area contributed by atoms with E-state index in [1.165, 1.54) is 0 Å². The molecule has 0 aliphatic heterocycles. The topological polar surface area (TPSA) is 76.7 Å². The molecule has 0 radical (unpaired) electrons. The fourth-order valence-corrected chi connectivity index (χ4v) is 3.26. The van der Waals surface area contributed by atoms with Crippen molar-refractivity contribution in [2.75, 3.05) is 23.8 Å². The van der Waals surface area contributed by atoms with Gasteiger partial charge in [-0.05, 0) is 61.1 Å². The predicted octanol–water partition coefficient (Wildman–Crippen LogP) is 6.46. The first-order valence-electron chi connectivity index (χ1n) is 12.5. The van der Waals surface area contributed by atoms with Crippen LogP contribution in [0.15, 0.2) is 48.5 Å². The molecule has 0 aliphatic rings. The van der Waals surface area contributed by atoms with Crippen molar-refractivity contribution in [1.29, 1.82) is 0 Å². The third kappa shape index (κ3) is 12.0. The minimum absolute atomic E-state index is 0.0379. The van der Waals surface area contributed by atoms with Gasteiger partial charge in [-0.25, -0.2) is 0 Å². The smallest absolute Gasteiger partial charge is 0.224 e. The van der Waals surface area contributed by atoms with Gasteiger partial charge in [0.1, 0.15) is 0 Å². The number of unbranched alkanes of at least 4 members (excludes halogenated alkanes) is 3. The van der Waals surface area contributed by atoms with E-state index in [0.717, 1.165) is 61.4 Å². The number of benzene rings is 2. The zero-order chi connectivity index (χ0) is 24.4. The number of anilines is 2. The van der Waals surface area contributed by atoms with Gasteiger partial charge in [0, 0.05) is 37.4 Å². The van der Waals surface area contributed by atoms with E-state index in [2.05, 4.69) is 24.5 Å². The van der Waals surface area contributed by atoms with Crippen LogP contribution >= 0.6 is 0 Å². The molecule has 6 nitrogen and oxygen atoms in total. The monoisotopic (exact) mass is 468 g/mol. The average Bonchev–Trinajstić information content (AvgIpc) is 2.84. The number of hydrogen-bond acceptors (Lipinski definition) is 4. The normalized spacial score (nSPS) is 10.8. The van der Waals surface area contributed by atoms with Crippen molar-refractivity contribution in [1.82, 2.24) is 0 Å². The summed E-state index contributed by atoms with van der Waals surface area (Å²) in [5.41, 5.74) is 3.74. The number of carbonyl (C=O) groups is 2. The van der Waals surface area contributed by atoms with E-state index in [-0.39, 0.29) is 11.8 Å². The third-order valence-corrected chi connectivity index (χ3v) is 5.35. The predicted molar refractivity (Wildman–Crippen MR) is 138 cm³/mol. The van der Waals surface area contributed by atoms with Crippen molar-refractivity contribution < 1.29 is 19.1 Å². The molecular formula is C28H40N2O4. The summed E-state index contributed by atoms with van der Waals surface area (Å²) in [5.74, 6) is -0.0757. The maximum Gasteiger partial charge on any atom is 0.224 e. The van der Waals surface area contributed by atoms with Gasteiger partial charge in [-0.2, -0.15) is 0 Å². The number of nitrogens with one attached hydrogen (secondary N) is 2. The van der Waals surface area contributed by atoms with Crippen LogP contribution in [0.5, 0.6) is 0 Å². The molecule has 0 aromatic heterocycles. The van der Waals surface area contributed by atoms with Crippen LogP contribution in [0.2, 0.25) is 0 Å². The van der Waals surface area contributed by atoms with Gasteiger partial charge in [0.15, 0.2) is 0 Å². The largest absolute Gasteiger partial charge is 0.377 e. The molecule has 2 N–H and O–H groups in total. The highest BCUT2D eigenvalue weighted by Crippen LogP contribution is 2.14. The van der Waals surface area contributed by atoms with Gasteiger partial charge in [0.05, 0.1) is 13.2 Å². The van der Waals surface area contributed by atoms with Crippen LogP contribution in [0.3, 0.4) is 0 Å². The molecule has 2 aromatic carbocycles. The lowest BCUT2D eigenvalue weighted by molar-refractivity contribution is -0.118. The fraction of sp³-hybridized carbons (Fsp3) is 0.500. The Balaban J connectivity index is 1.58. The summed E-state index contributed by atoms with van der Waals surface area (Å²) in [6.07, 6.45) is 6.49. The van der Waals surface area contributed by atoms with Gasteiger partial charge in [0.2, 0.25) is 11.8 Å². The number of carbonyl (C=O) groups excluding carboxylic acids is 2. The molecule has 34 heavy (non-hydrogen) atoms. The van der Waals surface area contributed by atoms with E-state index < -0.39 is 0 Å². The SMILES string of the molecule is CCCCOCc1ccc(NC(=O)CCCCC(=O)Nc2ccc(COCCCC)cc2)cc1. The molecule has 0 heterocycles. The quantitative estimate of drug-likeness (QED) is 0.261. The van der Waals surface area contributed by atoms with E-state index in [0.29, 0.717) is 38.9 Å². The Hall–Kier alpha value is -2.70. The van der Waals surface area contributed by atoms with Gasteiger partial charge in [-0.3, -0.25) is 9.59 Å². The van der Waals surface area contributed by atoms with Crippen molar-refractivity contribution in [2.24, 2.45) is 0 Å². The third-order valence-electron chi connectivity index (χ3n) is 5.35. The summed E-state index contributed by atoms with van der Waals surface area (Å²) in [5, 5.41) is 5.82. The summed E-state index contributed by atoms with van der Waals surface area (Å²) in [6, 6.07) is 15.5. The van der Waals surface area contributed by atoms with E-state index >= 15 is 0 Å². The molecule has 2 rings (SSSR count). The average molecular weight is 469 g/mol. The Morgan fingerprint density at radius 2 is 1.00 bits per heavy atom. The number of rotatable bonds is 17. The van der Waals surface area contributed by atoms with E-state index in [1.54, 1.807) is 0 Å². The Kier molecular flexibility index (Phi) is 13.6. The molecule has 0 unspecified atom stereocenters. The van der Waals surface area contributed by atoms with E-state index in [4.69, 9.17) is 9.47 Å². The summed E-state index contributed by atoms with van der Waals surface area (Å²) >= 11 is 0. The first-order valence-corrected chi connectivity index (χ1v) is 12.5. The molecule has 0 saturated carbocycles. The van der Waals surface area contributed by atoms with Crippen molar-refractivity contribution in [3.63, 3.8) is 0 Å². The van der Waals surface area contributed by atoms with Crippen LogP contribution in [-0.2, 0) is 32.3 Å². The zero-order valence-corrected chi connectivity index (χ0v) is 20.7. The summed E-state index contributed by atoms with van der Waals surface area (Å²) in [4.78, 5) is 24.3. The van der Waals surface area contributed by atoms with Crippen molar-refractivity contribution >= 4 is 23.2 Å². The second-order valence-electron chi connectivity index (χ2n) is 8.51. The molecule has 2 amide bonds. The van der Waals surface area contributed by atoms with Gasteiger partial charge in [-0.1, -0.05) is 51.0 Å². The molecule has 0 spiro atoms. The molecule has 0 bridgehead atoms. The number of ether oxygens (including phenoxy) is 2. The van der Waals surface area contributed by atoms with Crippen LogP contribution in [0.4, 0.5) is 11.4 Å². The molecular weight excluding hydrogens is 428 g/mol. The second-order valence-corrected chi connectivity index (χ2v) is 8.51. The van der Waals surface area contributed by atoms with Crippen molar-refractivity contribution in [2.45, 2.75) is 78.4 Å². The molecule has 0 fully saturated rings. The molecule has 6 heteroatoms. The molecule has 0 saturated heterocycles. The van der Waals surface area contributed by atoms with Gasteiger partial charge in [0.25, 0.3) is 0 Å². The minimum atomic E-state index is -0.0379. The summed E-state index contributed by atoms with van der Waals surface area (Å²) < 4.78 is 11.2. The Bertz CT molecular complexity index is 763. The van der Waals surface area contributed by atoms with Crippen LogP contribution < -0.4 is 10.6 Å². The highest BCUT2D eigenvalue weighted by atomic mass is 16.5. The van der Waals surface area contributed by atoms with Crippen LogP contribution in [-0.4, -0.2) is 25.0 Å². The Morgan fingerprint density at radius 1 is 0.618 bits per heavy atom. The standard InChI is InChI=1S/C28H40N2O4/c1-3-5-19-33-21-23-11-15-25(16-12-23)29-27(31)9-7-8-10-28(32)30-26-17-13-24(14-18-26)22-34-20-6-4-2/h11-18H,3-10,19-22H2,1-2H3,(H,29,31)(H,30,32). The lowest BCUT2D eigenvalue weighted by Gasteiger charge is -2.08. The molecule has 0 aliphatic carbocycles. The van der Waals surface area contributed by atoms with E-state index in [1.807, 2.05) is 48.5 Å². The second kappa shape index (κ2) is 16.8. The fourth-order valence-electron chi connectivity index (χ4n) is 3.26. The highest BCUT2D eigenvalue weighted by Gasteiger charge is 2.06. The number of amides is 2. The highest BCUT2D eigenvalue weighted by molar-refractivity contribution is 5.91. The maximum absolute atomic E-state index is 12.2. The van der Waals surface area contributed by atoms with Crippen molar-refractivity contribution in [3.8, 4) is 0 Å². The van der Waals surface area contributed by atoms with Gasteiger partial charge >= 0.3 is 0 Å².